The fourth-order valence-electron chi connectivity index (χ4n) is 1.12. The molecule has 1 amide bonds. The van der Waals surface area contributed by atoms with Gasteiger partial charge in [-0.1, -0.05) is 0 Å². The van der Waals surface area contributed by atoms with E-state index in [4.69, 9.17) is 10.6 Å². The number of nitrogens with zero attached hydrogens (tertiary/aromatic N) is 1. The number of aromatic nitrogens is 1. The van der Waals surface area contributed by atoms with Gasteiger partial charge in [-0.2, -0.15) is 0 Å². The molecule has 6 heteroatoms. The Morgan fingerprint density at radius 1 is 1.69 bits per heavy atom. The van der Waals surface area contributed by atoms with Crippen molar-refractivity contribution in [2.45, 2.75) is 13.0 Å². The minimum atomic E-state index is -0.209. The highest BCUT2D eigenvalue weighted by Crippen LogP contribution is 2.11. The van der Waals surface area contributed by atoms with Gasteiger partial charge in [0.2, 0.25) is 0 Å². The number of hydrazine groups is 1. The van der Waals surface area contributed by atoms with Crippen LogP contribution in [0.5, 0.6) is 0 Å². The molecule has 0 bridgehead atoms. The number of ether oxygens (including phenoxy) is 1. The summed E-state index contributed by atoms with van der Waals surface area (Å²) < 4.78 is 5.03. The van der Waals surface area contributed by atoms with Gasteiger partial charge in [-0.15, -0.1) is 0 Å². The van der Waals surface area contributed by atoms with Gasteiger partial charge in [0.05, 0.1) is 23.6 Å². The number of anilines is 1. The zero-order valence-corrected chi connectivity index (χ0v) is 9.36. The first-order chi connectivity index (χ1) is 7.69. The van der Waals surface area contributed by atoms with E-state index in [9.17, 15) is 4.79 Å². The molecular formula is C10H16N4O2. The number of hydrogen-bond donors (Lipinski definition) is 3. The van der Waals surface area contributed by atoms with Crippen molar-refractivity contribution in [3.05, 3.63) is 24.0 Å². The first-order valence-corrected chi connectivity index (χ1v) is 4.90. The molecule has 0 saturated carbocycles. The maximum absolute atomic E-state index is 11.8. The van der Waals surface area contributed by atoms with E-state index in [0.29, 0.717) is 17.8 Å². The van der Waals surface area contributed by atoms with Crippen molar-refractivity contribution in [3.63, 3.8) is 0 Å². The fourth-order valence-corrected chi connectivity index (χ4v) is 1.12. The van der Waals surface area contributed by atoms with E-state index in [-0.39, 0.29) is 12.0 Å². The highest BCUT2D eigenvalue weighted by atomic mass is 16.5. The molecule has 1 aromatic heterocycles. The van der Waals surface area contributed by atoms with Crippen molar-refractivity contribution in [2.75, 3.05) is 19.1 Å². The minimum Gasteiger partial charge on any atom is -0.380 e. The molecule has 0 spiro atoms. The second kappa shape index (κ2) is 6.04. The van der Waals surface area contributed by atoms with Gasteiger partial charge in [-0.3, -0.25) is 15.6 Å². The zero-order chi connectivity index (χ0) is 12.0. The van der Waals surface area contributed by atoms with Crippen molar-refractivity contribution >= 4 is 11.6 Å². The largest absolute Gasteiger partial charge is 0.380 e. The number of carbonyl (C=O) groups is 1. The molecule has 0 fully saturated rings. The van der Waals surface area contributed by atoms with Crippen LogP contribution in [-0.4, -0.2) is 30.6 Å². The van der Waals surface area contributed by atoms with Gasteiger partial charge < -0.3 is 15.5 Å². The number of carbonyl (C=O) groups excluding carboxylic acids is 1. The lowest BCUT2D eigenvalue weighted by Gasteiger charge is -2.12. The molecule has 1 rings (SSSR count). The van der Waals surface area contributed by atoms with E-state index < -0.39 is 0 Å². The summed E-state index contributed by atoms with van der Waals surface area (Å²) in [5.74, 6) is 5.07. The molecule has 0 radical (unpaired) electrons. The molecule has 0 aliphatic rings. The third-order valence-corrected chi connectivity index (χ3v) is 2.17. The number of nitrogens with two attached hydrogens (primary N) is 1. The van der Waals surface area contributed by atoms with E-state index in [0.717, 1.165) is 0 Å². The summed E-state index contributed by atoms with van der Waals surface area (Å²) in [5.41, 5.74) is 3.37. The van der Waals surface area contributed by atoms with Gasteiger partial charge >= 0.3 is 0 Å². The first kappa shape index (κ1) is 12.4. The second-order valence-corrected chi connectivity index (χ2v) is 3.32. The monoisotopic (exact) mass is 224 g/mol. The Labute approximate surface area is 94.2 Å². The summed E-state index contributed by atoms with van der Waals surface area (Å²) in [6.07, 6.45) is 3.00. The molecule has 1 unspecified atom stereocenters. The Kier molecular flexibility index (Phi) is 4.68. The molecule has 0 aliphatic heterocycles. The lowest BCUT2D eigenvalue weighted by atomic mass is 10.2. The van der Waals surface area contributed by atoms with Crippen molar-refractivity contribution in [1.29, 1.82) is 0 Å². The third kappa shape index (κ3) is 3.18. The number of nitrogen functional groups attached to an aromatic ring is 1. The van der Waals surface area contributed by atoms with Crippen LogP contribution in [0.4, 0.5) is 5.69 Å². The molecule has 4 N–H and O–H groups in total. The summed E-state index contributed by atoms with van der Waals surface area (Å²) in [4.78, 5) is 15.6. The summed E-state index contributed by atoms with van der Waals surface area (Å²) >= 11 is 0. The zero-order valence-electron chi connectivity index (χ0n) is 9.36. The standard InChI is InChI=1S/C10H16N4O2/c1-7(16-2)5-13-10(15)8-3-4-12-6-9(8)14-11/h3-4,6-7,14H,5,11H2,1-2H3,(H,13,15). The van der Waals surface area contributed by atoms with Crippen LogP contribution < -0.4 is 16.6 Å². The smallest absolute Gasteiger partial charge is 0.253 e. The first-order valence-electron chi connectivity index (χ1n) is 4.90. The van der Waals surface area contributed by atoms with Crippen LogP contribution in [0.25, 0.3) is 0 Å². The molecule has 1 heterocycles. The van der Waals surface area contributed by atoms with Gasteiger partial charge in [0.15, 0.2) is 0 Å². The molecular weight excluding hydrogens is 208 g/mol. The Hall–Kier alpha value is -1.66. The fraction of sp³-hybridized carbons (Fsp3) is 0.400. The average Bonchev–Trinajstić information content (AvgIpc) is 2.35. The van der Waals surface area contributed by atoms with Crippen LogP contribution in [0.3, 0.4) is 0 Å². The van der Waals surface area contributed by atoms with Crippen LogP contribution in [0.1, 0.15) is 17.3 Å². The summed E-state index contributed by atoms with van der Waals surface area (Å²) in [6, 6.07) is 1.60. The molecule has 16 heavy (non-hydrogen) atoms. The number of pyridine rings is 1. The van der Waals surface area contributed by atoms with E-state index in [1.807, 2.05) is 6.92 Å². The Morgan fingerprint density at radius 3 is 3.06 bits per heavy atom. The summed E-state index contributed by atoms with van der Waals surface area (Å²) in [7, 11) is 1.59. The minimum absolute atomic E-state index is 0.0277. The van der Waals surface area contributed by atoms with Crippen molar-refractivity contribution in [2.24, 2.45) is 5.84 Å². The van der Waals surface area contributed by atoms with Gasteiger partial charge in [-0.25, -0.2) is 0 Å². The van der Waals surface area contributed by atoms with Gasteiger partial charge in [0.1, 0.15) is 0 Å². The predicted octanol–water partition coefficient (Wildman–Crippen LogP) is 0.132. The lowest BCUT2D eigenvalue weighted by Crippen LogP contribution is -2.32. The van der Waals surface area contributed by atoms with Gasteiger partial charge in [-0.05, 0) is 13.0 Å². The summed E-state index contributed by atoms with van der Waals surface area (Å²) in [6.45, 7) is 2.32. The quantitative estimate of drug-likeness (QED) is 0.488. The Morgan fingerprint density at radius 2 is 2.44 bits per heavy atom. The van der Waals surface area contributed by atoms with Crippen molar-refractivity contribution in [3.8, 4) is 0 Å². The van der Waals surface area contributed by atoms with Crippen LogP contribution in [0.15, 0.2) is 18.5 Å². The number of rotatable bonds is 5. The molecule has 0 aromatic carbocycles. The van der Waals surface area contributed by atoms with Crippen molar-refractivity contribution < 1.29 is 9.53 Å². The van der Waals surface area contributed by atoms with E-state index >= 15 is 0 Å². The van der Waals surface area contributed by atoms with E-state index in [1.54, 1.807) is 13.2 Å². The maximum Gasteiger partial charge on any atom is 0.253 e. The second-order valence-electron chi connectivity index (χ2n) is 3.32. The average molecular weight is 224 g/mol. The normalized spacial score (nSPS) is 11.9. The third-order valence-electron chi connectivity index (χ3n) is 2.17. The van der Waals surface area contributed by atoms with Crippen LogP contribution in [0, 0.1) is 0 Å². The molecule has 6 nitrogen and oxygen atoms in total. The number of hydrogen-bond acceptors (Lipinski definition) is 5. The van der Waals surface area contributed by atoms with E-state index in [2.05, 4.69) is 15.7 Å². The van der Waals surface area contributed by atoms with Gasteiger partial charge in [0.25, 0.3) is 5.91 Å². The molecule has 1 atom stereocenters. The maximum atomic E-state index is 11.8. The van der Waals surface area contributed by atoms with E-state index in [1.165, 1.54) is 12.4 Å². The Balaban J connectivity index is 2.65. The SMILES string of the molecule is COC(C)CNC(=O)c1ccncc1NN. The van der Waals surface area contributed by atoms with Crippen molar-refractivity contribution in [1.82, 2.24) is 10.3 Å². The van der Waals surface area contributed by atoms with Crippen LogP contribution >= 0.6 is 0 Å². The molecule has 88 valence electrons. The summed E-state index contributed by atoms with van der Waals surface area (Å²) in [5, 5.41) is 2.74. The highest BCUT2D eigenvalue weighted by Gasteiger charge is 2.11. The lowest BCUT2D eigenvalue weighted by molar-refractivity contribution is 0.0871. The van der Waals surface area contributed by atoms with Gasteiger partial charge in [0, 0.05) is 19.9 Å². The number of amides is 1. The highest BCUT2D eigenvalue weighted by molar-refractivity contribution is 5.99. The number of nitrogens with one attached hydrogen (secondary N) is 2. The predicted molar refractivity (Wildman–Crippen MR) is 60.9 cm³/mol. The molecule has 1 aromatic rings. The molecule has 0 saturated heterocycles. The topological polar surface area (TPSA) is 89.3 Å². The van der Waals surface area contributed by atoms with Crippen LogP contribution in [-0.2, 0) is 4.74 Å². The Bertz CT molecular complexity index is 356. The molecule has 0 aliphatic carbocycles. The van der Waals surface area contributed by atoms with Crippen LogP contribution in [0.2, 0.25) is 0 Å². The number of methoxy groups -OCH3 is 1.